The maximum atomic E-state index is 11.6. The standard InChI is InChI=1S/C21H18N4O4S2/c1-28-15-8-4-14(5-9-15)18-22-20(25-24-18)30-11-10-29-16-6-2-13(3-7-16)12-17-19(26)23-21(27)31-17/h2-9,12H,10-11H2,1H3,(H,22,24,25)(H,23,26,27)/b17-12+. The number of methoxy groups -OCH3 is 1. The summed E-state index contributed by atoms with van der Waals surface area (Å²) in [7, 11) is 1.63. The fraction of sp³-hybridized carbons (Fsp3) is 0.143. The van der Waals surface area contributed by atoms with Crippen LogP contribution in [0.15, 0.2) is 58.6 Å². The second-order valence-electron chi connectivity index (χ2n) is 6.31. The van der Waals surface area contributed by atoms with Gasteiger partial charge in [-0.1, -0.05) is 23.9 Å². The van der Waals surface area contributed by atoms with E-state index in [1.54, 1.807) is 13.2 Å². The van der Waals surface area contributed by atoms with Crippen LogP contribution in [-0.4, -0.2) is 45.8 Å². The van der Waals surface area contributed by atoms with Gasteiger partial charge >= 0.3 is 0 Å². The smallest absolute Gasteiger partial charge is 0.290 e. The number of H-pyrrole nitrogens is 1. The monoisotopic (exact) mass is 454 g/mol. The van der Waals surface area contributed by atoms with Crippen molar-refractivity contribution in [2.45, 2.75) is 5.16 Å². The van der Waals surface area contributed by atoms with Gasteiger partial charge in [-0.15, -0.1) is 5.10 Å². The Labute approximate surface area is 186 Å². The molecular formula is C21H18N4O4S2. The third kappa shape index (κ3) is 5.47. The zero-order chi connectivity index (χ0) is 21.6. The molecule has 2 N–H and O–H groups in total. The highest BCUT2D eigenvalue weighted by atomic mass is 32.2. The van der Waals surface area contributed by atoms with Crippen LogP contribution in [0, 0.1) is 0 Å². The van der Waals surface area contributed by atoms with Gasteiger partial charge in [0.2, 0.25) is 5.16 Å². The number of carbonyl (C=O) groups is 2. The number of aromatic amines is 1. The Morgan fingerprint density at radius 3 is 2.48 bits per heavy atom. The lowest BCUT2D eigenvalue weighted by Crippen LogP contribution is -2.17. The molecule has 2 aromatic carbocycles. The van der Waals surface area contributed by atoms with Crippen molar-refractivity contribution in [3.05, 3.63) is 59.0 Å². The number of benzene rings is 2. The highest BCUT2D eigenvalue weighted by molar-refractivity contribution is 8.18. The number of nitrogens with zero attached hydrogens (tertiary/aromatic N) is 2. The molecule has 2 heterocycles. The van der Waals surface area contributed by atoms with Crippen LogP contribution >= 0.6 is 23.5 Å². The number of hydrogen-bond donors (Lipinski definition) is 2. The molecule has 1 fully saturated rings. The first kappa shape index (κ1) is 21.0. The molecule has 1 saturated heterocycles. The maximum Gasteiger partial charge on any atom is 0.290 e. The van der Waals surface area contributed by atoms with Crippen molar-refractivity contribution in [2.24, 2.45) is 0 Å². The molecule has 0 unspecified atom stereocenters. The summed E-state index contributed by atoms with van der Waals surface area (Å²) in [5.41, 5.74) is 1.75. The highest BCUT2D eigenvalue weighted by Gasteiger charge is 2.24. The summed E-state index contributed by atoms with van der Waals surface area (Å²) in [5, 5.41) is 9.70. The van der Waals surface area contributed by atoms with Gasteiger partial charge in [0.15, 0.2) is 5.82 Å². The van der Waals surface area contributed by atoms with E-state index in [1.807, 2.05) is 48.5 Å². The Morgan fingerprint density at radius 2 is 1.81 bits per heavy atom. The third-order valence-corrected chi connectivity index (χ3v) is 5.85. The Balaban J connectivity index is 1.24. The molecule has 0 atom stereocenters. The Morgan fingerprint density at radius 1 is 1.06 bits per heavy atom. The lowest BCUT2D eigenvalue weighted by atomic mass is 10.2. The molecule has 3 aromatic rings. The fourth-order valence-electron chi connectivity index (χ4n) is 2.71. The van der Waals surface area contributed by atoms with Gasteiger partial charge < -0.3 is 9.47 Å². The summed E-state index contributed by atoms with van der Waals surface area (Å²) in [6.07, 6.45) is 1.67. The number of hydrogen-bond acceptors (Lipinski definition) is 8. The Kier molecular flexibility index (Phi) is 6.58. The second-order valence-corrected chi connectivity index (χ2v) is 8.39. The van der Waals surface area contributed by atoms with Crippen molar-refractivity contribution >= 4 is 40.7 Å². The summed E-state index contributed by atoms with van der Waals surface area (Å²) in [5.74, 6) is 2.53. The number of amides is 2. The quantitative estimate of drug-likeness (QED) is 0.299. The largest absolute Gasteiger partial charge is 0.497 e. The van der Waals surface area contributed by atoms with Crippen molar-refractivity contribution < 1.29 is 19.1 Å². The lowest BCUT2D eigenvalue weighted by molar-refractivity contribution is -0.115. The Hall–Kier alpha value is -3.24. The molecule has 4 rings (SSSR count). The molecule has 1 aromatic heterocycles. The van der Waals surface area contributed by atoms with Crippen molar-refractivity contribution in [2.75, 3.05) is 19.5 Å². The topological polar surface area (TPSA) is 106 Å². The molecule has 0 radical (unpaired) electrons. The minimum atomic E-state index is -0.366. The van der Waals surface area contributed by atoms with Crippen molar-refractivity contribution in [3.63, 3.8) is 0 Å². The molecule has 10 heteroatoms. The van der Waals surface area contributed by atoms with E-state index in [0.717, 1.165) is 34.4 Å². The predicted molar refractivity (Wildman–Crippen MR) is 120 cm³/mol. The van der Waals surface area contributed by atoms with E-state index in [1.165, 1.54) is 11.8 Å². The molecule has 31 heavy (non-hydrogen) atoms. The number of rotatable bonds is 8. The van der Waals surface area contributed by atoms with Gasteiger partial charge in [-0.25, -0.2) is 4.98 Å². The van der Waals surface area contributed by atoms with Crippen LogP contribution in [0.1, 0.15) is 5.56 Å². The first-order valence-corrected chi connectivity index (χ1v) is 11.1. The van der Waals surface area contributed by atoms with Gasteiger partial charge in [-0.05, 0) is 59.8 Å². The first-order chi connectivity index (χ1) is 15.1. The Bertz CT molecular complexity index is 1110. The molecule has 0 spiro atoms. The van der Waals surface area contributed by atoms with E-state index >= 15 is 0 Å². The molecular weight excluding hydrogens is 436 g/mol. The normalized spacial score (nSPS) is 14.7. The zero-order valence-corrected chi connectivity index (χ0v) is 18.1. The molecule has 0 bridgehead atoms. The van der Waals surface area contributed by atoms with Crippen LogP contribution in [0.3, 0.4) is 0 Å². The zero-order valence-electron chi connectivity index (χ0n) is 16.5. The highest BCUT2D eigenvalue weighted by Crippen LogP contribution is 2.26. The summed E-state index contributed by atoms with van der Waals surface area (Å²) in [4.78, 5) is 27.7. The van der Waals surface area contributed by atoms with Crippen LogP contribution in [-0.2, 0) is 4.79 Å². The number of aromatic nitrogens is 3. The predicted octanol–water partition coefficient (Wildman–Crippen LogP) is 3.98. The van der Waals surface area contributed by atoms with Crippen molar-refractivity contribution in [1.82, 2.24) is 20.5 Å². The van der Waals surface area contributed by atoms with E-state index in [0.29, 0.717) is 28.2 Å². The summed E-state index contributed by atoms with van der Waals surface area (Å²) >= 11 is 2.39. The second kappa shape index (κ2) is 9.71. The van der Waals surface area contributed by atoms with E-state index in [-0.39, 0.29) is 11.1 Å². The van der Waals surface area contributed by atoms with Gasteiger partial charge in [0.05, 0.1) is 18.6 Å². The number of thioether (sulfide) groups is 2. The molecule has 1 aliphatic heterocycles. The minimum Gasteiger partial charge on any atom is -0.497 e. The maximum absolute atomic E-state index is 11.6. The van der Waals surface area contributed by atoms with Gasteiger partial charge in [-0.2, -0.15) is 0 Å². The average molecular weight is 455 g/mol. The van der Waals surface area contributed by atoms with Gasteiger partial charge in [0.25, 0.3) is 11.1 Å². The molecule has 1 aliphatic rings. The molecule has 0 aliphatic carbocycles. The number of carbonyl (C=O) groups excluding carboxylic acids is 2. The van der Waals surface area contributed by atoms with Crippen LogP contribution in [0.5, 0.6) is 11.5 Å². The van der Waals surface area contributed by atoms with E-state index in [2.05, 4.69) is 20.5 Å². The van der Waals surface area contributed by atoms with Crippen molar-refractivity contribution in [3.8, 4) is 22.9 Å². The fourth-order valence-corrected chi connectivity index (χ4v) is 4.01. The first-order valence-electron chi connectivity index (χ1n) is 9.28. The van der Waals surface area contributed by atoms with Crippen molar-refractivity contribution in [1.29, 1.82) is 0 Å². The summed E-state index contributed by atoms with van der Waals surface area (Å²) < 4.78 is 10.9. The van der Waals surface area contributed by atoms with E-state index < -0.39 is 0 Å². The number of nitrogens with one attached hydrogen (secondary N) is 2. The van der Waals surface area contributed by atoms with Gasteiger partial charge in [-0.3, -0.25) is 20.0 Å². The SMILES string of the molecule is COc1ccc(-c2nc(SCCOc3ccc(/C=C4/SC(=O)NC4=O)cc3)n[nH]2)cc1. The number of imide groups is 1. The summed E-state index contributed by atoms with van der Waals surface area (Å²) in [6.45, 7) is 0.490. The van der Waals surface area contributed by atoms with Gasteiger partial charge in [0.1, 0.15) is 11.5 Å². The number of ether oxygens (including phenoxy) is 2. The van der Waals surface area contributed by atoms with Crippen LogP contribution in [0.2, 0.25) is 0 Å². The van der Waals surface area contributed by atoms with Crippen LogP contribution in [0.4, 0.5) is 4.79 Å². The molecule has 2 amide bonds. The molecule has 0 saturated carbocycles. The summed E-state index contributed by atoms with van der Waals surface area (Å²) in [6, 6.07) is 14.9. The van der Waals surface area contributed by atoms with Crippen LogP contribution in [0.25, 0.3) is 17.5 Å². The van der Waals surface area contributed by atoms with E-state index in [4.69, 9.17) is 9.47 Å². The minimum absolute atomic E-state index is 0.351. The van der Waals surface area contributed by atoms with Crippen LogP contribution < -0.4 is 14.8 Å². The molecule has 8 nitrogen and oxygen atoms in total. The average Bonchev–Trinajstić information content (AvgIpc) is 3.38. The van der Waals surface area contributed by atoms with E-state index in [9.17, 15) is 9.59 Å². The molecule has 158 valence electrons. The van der Waals surface area contributed by atoms with Gasteiger partial charge in [0, 0.05) is 11.3 Å². The third-order valence-electron chi connectivity index (χ3n) is 4.23. The lowest BCUT2D eigenvalue weighted by Gasteiger charge is -2.05.